The van der Waals surface area contributed by atoms with Gasteiger partial charge in [-0.05, 0) is 6.07 Å². The Morgan fingerprint density at radius 3 is 2.55 bits per heavy atom. The Morgan fingerprint density at radius 1 is 1.55 bits per heavy atom. The molecule has 0 aromatic carbocycles. The smallest absolute Gasteiger partial charge is 0.282 e. The van der Waals surface area contributed by atoms with E-state index in [1.165, 1.54) is 18.5 Å². The molecule has 1 aromatic rings. The van der Waals surface area contributed by atoms with Crippen LogP contribution in [0.1, 0.15) is 0 Å². The molecule has 0 radical (unpaired) electrons. The van der Waals surface area contributed by atoms with Crippen LogP contribution in [0.5, 0.6) is 0 Å². The molecule has 1 aromatic heterocycles. The minimum atomic E-state index is -4.15. The van der Waals surface area contributed by atoms with E-state index in [1.54, 1.807) is 0 Å². The Labute approximate surface area is 69.4 Å². The molecule has 0 bridgehead atoms. The largest absolute Gasteiger partial charge is 0.295 e. The summed E-state index contributed by atoms with van der Waals surface area (Å²) < 4.78 is 29.6. The summed E-state index contributed by atoms with van der Waals surface area (Å²) in [5.74, 6) is 0. The summed E-state index contributed by atoms with van der Waals surface area (Å²) in [6, 6.07) is 1.18. The third kappa shape index (κ3) is 1.92. The van der Waals surface area contributed by atoms with E-state index in [9.17, 15) is 8.42 Å². The molecule has 1 heterocycles. The number of pyridine rings is 1. The van der Waals surface area contributed by atoms with Gasteiger partial charge in [-0.15, -0.1) is 12.6 Å². The van der Waals surface area contributed by atoms with Crippen molar-refractivity contribution in [3.05, 3.63) is 18.5 Å². The maximum absolute atomic E-state index is 10.5. The topological polar surface area (TPSA) is 67.3 Å². The minimum absolute atomic E-state index is 0.134. The molecule has 0 saturated carbocycles. The summed E-state index contributed by atoms with van der Waals surface area (Å²) >= 11 is 3.79. The summed E-state index contributed by atoms with van der Waals surface area (Å²) in [7, 11) is -4.15. The Morgan fingerprint density at radius 2 is 2.18 bits per heavy atom. The van der Waals surface area contributed by atoms with Crippen LogP contribution >= 0.6 is 12.6 Å². The highest BCUT2D eigenvalue weighted by Gasteiger charge is 2.11. The Kier molecular flexibility index (Phi) is 2.17. The highest BCUT2D eigenvalue weighted by Crippen LogP contribution is 2.16. The first-order valence-corrected chi connectivity index (χ1v) is 4.51. The van der Waals surface area contributed by atoms with Gasteiger partial charge in [0.05, 0.1) is 0 Å². The van der Waals surface area contributed by atoms with Gasteiger partial charge in [-0.1, -0.05) is 0 Å². The van der Waals surface area contributed by atoms with E-state index in [1.807, 2.05) is 0 Å². The molecule has 0 aliphatic rings. The molecule has 0 amide bonds. The second-order valence-corrected chi connectivity index (χ2v) is 3.69. The van der Waals surface area contributed by atoms with Gasteiger partial charge in [-0.25, -0.2) is 0 Å². The van der Waals surface area contributed by atoms with Gasteiger partial charge in [-0.2, -0.15) is 8.42 Å². The van der Waals surface area contributed by atoms with Crippen molar-refractivity contribution in [1.29, 1.82) is 0 Å². The number of hydrogen-bond acceptors (Lipinski definition) is 4. The van der Waals surface area contributed by atoms with Gasteiger partial charge in [0.2, 0.25) is 0 Å². The lowest BCUT2D eigenvalue weighted by molar-refractivity contribution is 0.481. The molecule has 0 aliphatic carbocycles. The average Bonchev–Trinajstić information content (AvgIpc) is 1.86. The number of hydrogen-bond donors (Lipinski definition) is 2. The van der Waals surface area contributed by atoms with E-state index in [0.717, 1.165) is 0 Å². The molecule has 0 fully saturated rings. The monoisotopic (exact) mass is 191 g/mol. The van der Waals surface area contributed by atoms with Gasteiger partial charge in [0, 0.05) is 17.3 Å². The minimum Gasteiger partial charge on any atom is -0.282 e. The third-order valence-electron chi connectivity index (χ3n) is 1.04. The predicted octanol–water partition coefficient (Wildman–Crippen LogP) is 0.617. The molecule has 1 N–H and O–H groups in total. The van der Waals surface area contributed by atoms with Crippen LogP contribution in [0.3, 0.4) is 0 Å². The maximum Gasteiger partial charge on any atom is 0.295 e. The number of aromatic nitrogens is 1. The molecule has 4 nitrogen and oxygen atoms in total. The van der Waals surface area contributed by atoms with E-state index in [-0.39, 0.29) is 9.79 Å². The maximum atomic E-state index is 10.5. The fourth-order valence-electron chi connectivity index (χ4n) is 0.591. The molecular weight excluding hydrogens is 186 g/mol. The van der Waals surface area contributed by atoms with Gasteiger partial charge in [-0.3, -0.25) is 9.54 Å². The lowest BCUT2D eigenvalue weighted by Gasteiger charge is -1.97. The van der Waals surface area contributed by atoms with Crippen LogP contribution < -0.4 is 0 Å². The Balaban J connectivity index is 3.37. The average molecular weight is 191 g/mol. The molecule has 0 spiro atoms. The quantitative estimate of drug-likeness (QED) is 0.504. The summed E-state index contributed by atoms with van der Waals surface area (Å²) in [5.41, 5.74) is 0. The normalized spacial score (nSPS) is 11.5. The predicted molar refractivity (Wildman–Crippen MR) is 41.3 cm³/mol. The second-order valence-electron chi connectivity index (χ2n) is 1.82. The van der Waals surface area contributed by atoms with Gasteiger partial charge >= 0.3 is 0 Å². The van der Waals surface area contributed by atoms with Gasteiger partial charge in [0.25, 0.3) is 10.1 Å². The zero-order valence-corrected chi connectivity index (χ0v) is 7.01. The molecule has 60 valence electrons. The highest BCUT2D eigenvalue weighted by molar-refractivity contribution is 7.87. The molecule has 11 heavy (non-hydrogen) atoms. The van der Waals surface area contributed by atoms with Crippen LogP contribution in [0, 0.1) is 0 Å². The van der Waals surface area contributed by atoms with Crippen molar-refractivity contribution in [3.63, 3.8) is 0 Å². The molecule has 0 unspecified atom stereocenters. The van der Waals surface area contributed by atoms with E-state index < -0.39 is 10.1 Å². The second kappa shape index (κ2) is 2.80. The van der Waals surface area contributed by atoms with E-state index in [2.05, 4.69) is 17.6 Å². The van der Waals surface area contributed by atoms with Crippen LogP contribution in [0.4, 0.5) is 0 Å². The zero-order chi connectivity index (χ0) is 8.48. The Hall–Kier alpha value is -0.590. The third-order valence-corrected chi connectivity index (χ3v) is 2.46. The van der Waals surface area contributed by atoms with Crippen molar-refractivity contribution >= 4 is 22.7 Å². The van der Waals surface area contributed by atoms with Gasteiger partial charge < -0.3 is 0 Å². The lowest BCUT2D eigenvalue weighted by atomic mass is 10.5. The fraction of sp³-hybridized carbons (Fsp3) is 0. The van der Waals surface area contributed by atoms with E-state index in [0.29, 0.717) is 0 Å². The van der Waals surface area contributed by atoms with Crippen LogP contribution in [0.15, 0.2) is 28.3 Å². The number of thiol groups is 1. The van der Waals surface area contributed by atoms with Gasteiger partial charge in [0.1, 0.15) is 4.90 Å². The van der Waals surface area contributed by atoms with Crippen molar-refractivity contribution in [2.75, 3.05) is 0 Å². The van der Waals surface area contributed by atoms with Crippen molar-refractivity contribution < 1.29 is 13.0 Å². The fourth-order valence-corrected chi connectivity index (χ4v) is 1.63. The number of nitrogens with zero attached hydrogens (tertiary/aromatic N) is 1. The molecule has 1 rings (SSSR count). The number of rotatable bonds is 1. The molecule has 6 heteroatoms. The van der Waals surface area contributed by atoms with Crippen LogP contribution in [-0.4, -0.2) is 18.0 Å². The van der Waals surface area contributed by atoms with Crippen LogP contribution in [0.25, 0.3) is 0 Å². The molecular formula is C5H5NO3S2. The first kappa shape index (κ1) is 8.51. The Bertz CT molecular complexity index is 360. The van der Waals surface area contributed by atoms with Crippen LogP contribution in [-0.2, 0) is 10.1 Å². The SMILES string of the molecule is O=S(=O)(O)c1ccncc1S. The highest BCUT2D eigenvalue weighted by atomic mass is 32.2. The summed E-state index contributed by atoms with van der Waals surface area (Å²) in [4.78, 5) is 3.51. The van der Waals surface area contributed by atoms with Crippen molar-refractivity contribution in [3.8, 4) is 0 Å². The molecule has 0 aliphatic heterocycles. The molecule has 0 atom stereocenters. The van der Waals surface area contributed by atoms with Crippen molar-refractivity contribution in [1.82, 2.24) is 4.98 Å². The van der Waals surface area contributed by atoms with Crippen LogP contribution in [0.2, 0.25) is 0 Å². The summed E-state index contributed by atoms with van der Waals surface area (Å²) in [5, 5.41) is 0. The molecule has 0 saturated heterocycles. The van der Waals surface area contributed by atoms with Crippen molar-refractivity contribution in [2.45, 2.75) is 9.79 Å². The zero-order valence-electron chi connectivity index (χ0n) is 5.30. The van der Waals surface area contributed by atoms with Gasteiger partial charge in [0.15, 0.2) is 0 Å². The van der Waals surface area contributed by atoms with E-state index in [4.69, 9.17) is 4.55 Å². The van der Waals surface area contributed by atoms with Crippen molar-refractivity contribution in [2.24, 2.45) is 0 Å². The summed E-state index contributed by atoms with van der Waals surface area (Å²) in [6.45, 7) is 0. The van der Waals surface area contributed by atoms with E-state index >= 15 is 0 Å². The standard InChI is InChI=1S/C5H5NO3S2/c7-11(8,9)5-1-2-6-3-4(5)10/h1-3,10H,(H,7,8,9). The first-order valence-electron chi connectivity index (χ1n) is 2.62. The summed E-state index contributed by atoms with van der Waals surface area (Å²) in [6.07, 6.45) is 2.51. The first-order chi connectivity index (χ1) is 5.02. The lowest BCUT2D eigenvalue weighted by Crippen LogP contribution is -1.99.